The molecule has 1 amide bonds. The molecule has 2 N–H and O–H groups in total. The first kappa shape index (κ1) is 21.2. The van der Waals surface area contributed by atoms with Crippen LogP contribution in [0, 0.1) is 0 Å². The largest absolute Gasteiger partial charge is 0.497 e. The number of nitrogens with one attached hydrogen (secondary N) is 2. The zero-order chi connectivity index (χ0) is 21.6. The lowest BCUT2D eigenvalue weighted by Crippen LogP contribution is -2.25. The standard InChI is InChI=1S/C22H22N2O5S/c1-28-17-12-13-20(29-2)21(14-17)30(26,27)24-19-11-7-6-10-18(19)22(25)23-15-16-8-4-3-5-9-16/h3-14,24H,15H2,1-2H3,(H,23,25). The van der Waals surface area contributed by atoms with Gasteiger partial charge in [-0.05, 0) is 29.8 Å². The van der Waals surface area contributed by atoms with Crippen molar-refractivity contribution in [2.24, 2.45) is 0 Å². The van der Waals surface area contributed by atoms with Crippen molar-refractivity contribution in [1.29, 1.82) is 0 Å². The molecule has 30 heavy (non-hydrogen) atoms. The molecule has 156 valence electrons. The van der Waals surface area contributed by atoms with Crippen molar-refractivity contribution in [2.45, 2.75) is 11.4 Å². The maximum Gasteiger partial charge on any atom is 0.265 e. The summed E-state index contributed by atoms with van der Waals surface area (Å²) >= 11 is 0. The van der Waals surface area contributed by atoms with E-state index >= 15 is 0 Å². The zero-order valence-electron chi connectivity index (χ0n) is 16.6. The number of amides is 1. The fraction of sp³-hybridized carbons (Fsp3) is 0.136. The van der Waals surface area contributed by atoms with Gasteiger partial charge < -0.3 is 14.8 Å². The Bertz CT molecular complexity index is 1130. The minimum atomic E-state index is -4.05. The van der Waals surface area contributed by atoms with Crippen LogP contribution >= 0.6 is 0 Å². The molecular formula is C22H22N2O5S. The molecule has 0 atom stereocenters. The highest BCUT2D eigenvalue weighted by molar-refractivity contribution is 7.92. The van der Waals surface area contributed by atoms with E-state index in [1.54, 1.807) is 24.3 Å². The highest BCUT2D eigenvalue weighted by atomic mass is 32.2. The molecule has 0 aliphatic rings. The average Bonchev–Trinajstić information content (AvgIpc) is 2.77. The molecule has 7 nitrogen and oxygen atoms in total. The maximum atomic E-state index is 13.0. The number of rotatable bonds is 8. The van der Waals surface area contributed by atoms with Crippen molar-refractivity contribution >= 4 is 21.6 Å². The van der Waals surface area contributed by atoms with Crippen LogP contribution in [0.5, 0.6) is 11.5 Å². The van der Waals surface area contributed by atoms with Gasteiger partial charge in [0, 0.05) is 12.6 Å². The quantitative estimate of drug-likeness (QED) is 0.576. The summed E-state index contributed by atoms with van der Waals surface area (Å²) in [5.41, 5.74) is 1.30. The number of hydrogen-bond acceptors (Lipinski definition) is 5. The Hall–Kier alpha value is -3.52. The number of carbonyl (C=O) groups is 1. The van der Waals surface area contributed by atoms with Crippen LogP contribution in [0.25, 0.3) is 0 Å². The van der Waals surface area contributed by atoms with E-state index in [-0.39, 0.29) is 21.9 Å². The van der Waals surface area contributed by atoms with Gasteiger partial charge in [0.2, 0.25) is 0 Å². The third-order valence-electron chi connectivity index (χ3n) is 4.37. The Balaban J connectivity index is 1.86. The molecule has 0 fully saturated rings. The summed E-state index contributed by atoms with van der Waals surface area (Å²) < 4.78 is 38.8. The molecule has 3 rings (SSSR count). The van der Waals surface area contributed by atoms with Crippen LogP contribution in [-0.2, 0) is 16.6 Å². The second kappa shape index (κ2) is 9.32. The van der Waals surface area contributed by atoms with Gasteiger partial charge in [-0.25, -0.2) is 8.42 Å². The Morgan fingerprint density at radius 2 is 1.60 bits per heavy atom. The number of ether oxygens (including phenoxy) is 2. The minimum Gasteiger partial charge on any atom is -0.497 e. The molecule has 0 unspecified atom stereocenters. The predicted octanol–water partition coefficient (Wildman–Crippen LogP) is 3.43. The summed E-state index contributed by atoms with van der Waals surface area (Å²) in [7, 11) is -1.22. The number of methoxy groups -OCH3 is 2. The molecule has 0 saturated carbocycles. The summed E-state index contributed by atoms with van der Waals surface area (Å²) in [6.45, 7) is 0.324. The summed E-state index contributed by atoms with van der Waals surface area (Å²) in [4.78, 5) is 12.6. The highest BCUT2D eigenvalue weighted by Crippen LogP contribution is 2.30. The van der Waals surface area contributed by atoms with Crippen molar-refractivity contribution in [2.75, 3.05) is 18.9 Å². The van der Waals surface area contributed by atoms with Gasteiger partial charge in [0.15, 0.2) is 0 Å². The highest BCUT2D eigenvalue weighted by Gasteiger charge is 2.23. The first-order valence-corrected chi connectivity index (χ1v) is 10.6. The molecule has 8 heteroatoms. The number of benzene rings is 3. The van der Waals surface area contributed by atoms with Gasteiger partial charge in [0.05, 0.1) is 25.5 Å². The summed E-state index contributed by atoms with van der Waals surface area (Å²) in [5.74, 6) is 0.133. The predicted molar refractivity (Wildman–Crippen MR) is 114 cm³/mol. The molecule has 0 spiro atoms. The maximum absolute atomic E-state index is 13.0. The van der Waals surface area contributed by atoms with Crippen LogP contribution in [0.4, 0.5) is 5.69 Å². The molecular weight excluding hydrogens is 404 g/mol. The monoisotopic (exact) mass is 426 g/mol. The van der Waals surface area contributed by atoms with Crippen LogP contribution in [0.3, 0.4) is 0 Å². The normalized spacial score (nSPS) is 10.9. The molecule has 0 heterocycles. The number of anilines is 1. The van der Waals surface area contributed by atoms with Crippen molar-refractivity contribution in [1.82, 2.24) is 5.32 Å². The lowest BCUT2D eigenvalue weighted by Gasteiger charge is -2.15. The van der Waals surface area contributed by atoms with E-state index in [0.717, 1.165) is 5.56 Å². The van der Waals surface area contributed by atoms with Crippen molar-refractivity contribution < 1.29 is 22.7 Å². The molecule has 3 aromatic carbocycles. The van der Waals surface area contributed by atoms with E-state index in [2.05, 4.69) is 10.0 Å². The van der Waals surface area contributed by atoms with Gasteiger partial charge in [-0.2, -0.15) is 0 Å². The fourth-order valence-corrected chi connectivity index (χ4v) is 4.10. The van der Waals surface area contributed by atoms with E-state index in [1.807, 2.05) is 30.3 Å². The van der Waals surface area contributed by atoms with Gasteiger partial charge in [-0.3, -0.25) is 9.52 Å². The molecule has 0 aliphatic carbocycles. The summed E-state index contributed by atoms with van der Waals surface area (Å²) in [6.07, 6.45) is 0. The van der Waals surface area contributed by atoms with Crippen LogP contribution < -0.4 is 19.5 Å². The Kier molecular flexibility index (Phi) is 6.58. The Morgan fingerprint density at radius 1 is 0.900 bits per heavy atom. The van der Waals surface area contributed by atoms with E-state index in [1.165, 1.54) is 32.4 Å². The van der Waals surface area contributed by atoms with Crippen molar-refractivity contribution in [3.05, 3.63) is 83.9 Å². The topological polar surface area (TPSA) is 93.7 Å². The third kappa shape index (κ3) is 4.90. The van der Waals surface area contributed by atoms with E-state index < -0.39 is 15.9 Å². The number of hydrogen-bond donors (Lipinski definition) is 2. The number of carbonyl (C=O) groups excluding carboxylic acids is 1. The average molecular weight is 426 g/mol. The third-order valence-corrected chi connectivity index (χ3v) is 5.76. The SMILES string of the molecule is COc1ccc(OC)c(S(=O)(=O)Nc2ccccc2C(=O)NCc2ccccc2)c1. The van der Waals surface area contributed by atoms with Crippen LogP contribution in [0.15, 0.2) is 77.7 Å². The van der Waals surface area contributed by atoms with Crippen molar-refractivity contribution in [3.63, 3.8) is 0 Å². The van der Waals surface area contributed by atoms with E-state index in [9.17, 15) is 13.2 Å². The Labute approximate surface area is 175 Å². The summed E-state index contributed by atoms with van der Waals surface area (Å²) in [5, 5.41) is 2.80. The van der Waals surface area contributed by atoms with Gasteiger partial charge in [0.25, 0.3) is 15.9 Å². The van der Waals surface area contributed by atoms with E-state index in [0.29, 0.717) is 12.3 Å². The Morgan fingerprint density at radius 3 is 2.30 bits per heavy atom. The molecule has 0 saturated heterocycles. The lowest BCUT2D eigenvalue weighted by atomic mass is 10.1. The fourth-order valence-electron chi connectivity index (χ4n) is 2.84. The van der Waals surface area contributed by atoms with Crippen LogP contribution in [0.2, 0.25) is 0 Å². The molecule has 0 bridgehead atoms. The lowest BCUT2D eigenvalue weighted by molar-refractivity contribution is 0.0952. The molecule has 0 radical (unpaired) electrons. The van der Waals surface area contributed by atoms with Gasteiger partial charge >= 0.3 is 0 Å². The summed E-state index contributed by atoms with van der Waals surface area (Å²) in [6, 6.07) is 20.3. The van der Waals surface area contributed by atoms with Crippen molar-refractivity contribution in [3.8, 4) is 11.5 Å². The van der Waals surface area contributed by atoms with E-state index in [4.69, 9.17) is 9.47 Å². The first-order chi connectivity index (χ1) is 14.4. The minimum absolute atomic E-state index is 0.0937. The zero-order valence-corrected chi connectivity index (χ0v) is 17.4. The second-order valence-electron chi connectivity index (χ2n) is 6.34. The smallest absolute Gasteiger partial charge is 0.265 e. The molecule has 3 aromatic rings. The van der Waals surface area contributed by atoms with Crippen LogP contribution in [-0.4, -0.2) is 28.5 Å². The number of para-hydroxylation sites is 1. The van der Waals surface area contributed by atoms with Gasteiger partial charge in [-0.1, -0.05) is 42.5 Å². The number of sulfonamides is 1. The molecule has 0 aromatic heterocycles. The first-order valence-electron chi connectivity index (χ1n) is 9.10. The van der Waals surface area contributed by atoms with Crippen LogP contribution in [0.1, 0.15) is 15.9 Å². The second-order valence-corrected chi connectivity index (χ2v) is 7.99. The van der Waals surface area contributed by atoms with Gasteiger partial charge in [-0.15, -0.1) is 0 Å². The van der Waals surface area contributed by atoms with Gasteiger partial charge in [0.1, 0.15) is 16.4 Å². The molecule has 0 aliphatic heterocycles.